The zero-order valence-corrected chi connectivity index (χ0v) is 22.5. The van der Waals surface area contributed by atoms with Gasteiger partial charge in [0.05, 0.1) is 28.6 Å². The summed E-state index contributed by atoms with van der Waals surface area (Å²) in [6, 6.07) is 9.58. The topological polar surface area (TPSA) is 66.4 Å². The van der Waals surface area contributed by atoms with Crippen LogP contribution in [-0.4, -0.2) is 59.2 Å². The number of aromatic nitrogens is 3. The molecule has 2 aliphatic rings. The molecule has 4 aromatic rings. The van der Waals surface area contributed by atoms with E-state index in [4.69, 9.17) is 4.74 Å². The SMILES string of the molecule is CC(C)N1CCOc2c(F)cc(-c3nc(Nc4nc5ccc(C6CCN(C)CC6)cc5s4)ncc3F)cc21. The number of halogens is 2. The number of nitrogens with one attached hydrogen (secondary N) is 1. The summed E-state index contributed by atoms with van der Waals surface area (Å²) >= 11 is 1.51. The number of benzene rings is 2. The van der Waals surface area contributed by atoms with Gasteiger partial charge in [0.2, 0.25) is 5.95 Å². The molecule has 7 nitrogen and oxygen atoms in total. The van der Waals surface area contributed by atoms with E-state index in [1.165, 1.54) is 23.0 Å². The van der Waals surface area contributed by atoms with Crippen molar-refractivity contribution in [2.75, 3.05) is 43.5 Å². The standard InChI is InChI=1S/C28H30F2N6OS/c1-16(2)36-10-11-37-26-20(29)12-19(13-23(26)36)25-21(30)15-31-27(33-25)34-28-32-22-5-4-18(14-24(22)38-28)17-6-8-35(3)9-7-17/h4-5,12-17H,6-11H2,1-3H3,(H,31,32,33,34). The molecule has 0 aliphatic carbocycles. The Kier molecular flexibility index (Phi) is 6.61. The van der Waals surface area contributed by atoms with Crippen molar-refractivity contribution in [3.63, 3.8) is 0 Å². The molecule has 10 heteroatoms. The van der Waals surface area contributed by atoms with Crippen molar-refractivity contribution in [3.8, 4) is 17.0 Å². The van der Waals surface area contributed by atoms with Crippen LogP contribution in [0.1, 0.15) is 38.2 Å². The van der Waals surface area contributed by atoms with Crippen LogP contribution in [0.3, 0.4) is 0 Å². The van der Waals surface area contributed by atoms with E-state index in [1.54, 1.807) is 6.07 Å². The van der Waals surface area contributed by atoms with Crippen molar-refractivity contribution in [1.29, 1.82) is 0 Å². The van der Waals surface area contributed by atoms with Gasteiger partial charge in [-0.3, -0.25) is 5.32 Å². The van der Waals surface area contributed by atoms with Crippen LogP contribution in [-0.2, 0) is 0 Å². The number of anilines is 3. The van der Waals surface area contributed by atoms with Gasteiger partial charge in [0, 0.05) is 11.6 Å². The predicted molar refractivity (Wildman–Crippen MR) is 148 cm³/mol. The molecular weight excluding hydrogens is 506 g/mol. The van der Waals surface area contributed by atoms with E-state index in [-0.39, 0.29) is 23.4 Å². The second kappa shape index (κ2) is 10.1. The normalized spacial score (nSPS) is 16.6. The first kappa shape index (κ1) is 24.9. The summed E-state index contributed by atoms with van der Waals surface area (Å²) in [7, 11) is 2.17. The van der Waals surface area contributed by atoms with Crippen LogP contribution in [0.4, 0.5) is 25.5 Å². The summed E-state index contributed by atoms with van der Waals surface area (Å²) in [5.41, 5.74) is 3.17. The monoisotopic (exact) mass is 536 g/mol. The van der Waals surface area contributed by atoms with Crippen LogP contribution in [0.5, 0.6) is 5.75 Å². The van der Waals surface area contributed by atoms with Crippen molar-refractivity contribution in [2.24, 2.45) is 0 Å². The highest BCUT2D eigenvalue weighted by Gasteiger charge is 2.26. The summed E-state index contributed by atoms with van der Waals surface area (Å²) < 4.78 is 36.5. The molecule has 0 radical (unpaired) electrons. The van der Waals surface area contributed by atoms with Gasteiger partial charge in [-0.25, -0.2) is 23.7 Å². The van der Waals surface area contributed by atoms with Crippen LogP contribution in [0, 0.1) is 11.6 Å². The van der Waals surface area contributed by atoms with Crippen molar-refractivity contribution in [3.05, 3.63) is 53.7 Å². The largest absolute Gasteiger partial charge is 0.486 e. The van der Waals surface area contributed by atoms with Crippen LogP contribution < -0.4 is 15.0 Å². The molecule has 1 N–H and O–H groups in total. The van der Waals surface area contributed by atoms with E-state index in [2.05, 4.69) is 50.4 Å². The van der Waals surface area contributed by atoms with Gasteiger partial charge in [-0.2, -0.15) is 0 Å². The van der Waals surface area contributed by atoms with Gasteiger partial charge in [-0.05, 0) is 82.6 Å². The first-order chi connectivity index (χ1) is 18.4. The lowest BCUT2D eigenvalue weighted by atomic mass is 9.90. The van der Waals surface area contributed by atoms with Crippen LogP contribution in [0.15, 0.2) is 36.5 Å². The van der Waals surface area contributed by atoms with Crippen LogP contribution >= 0.6 is 11.3 Å². The predicted octanol–water partition coefficient (Wildman–Crippen LogP) is 6.19. The number of hydrogen-bond acceptors (Lipinski definition) is 8. The maximum atomic E-state index is 15.0. The average molecular weight is 537 g/mol. The lowest BCUT2D eigenvalue weighted by Gasteiger charge is -2.34. The number of nitrogens with zero attached hydrogens (tertiary/aromatic N) is 5. The number of piperidine rings is 1. The highest BCUT2D eigenvalue weighted by atomic mass is 32.1. The Morgan fingerprint density at radius 3 is 2.66 bits per heavy atom. The second-order valence-electron chi connectivity index (χ2n) is 10.3. The number of rotatable bonds is 5. The molecule has 0 unspecified atom stereocenters. The molecule has 1 saturated heterocycles. The van der Waals surface area contributed by atoms with E-state index >= 15 is 0 Å². The quantitative estimate of drug-likeness (QED) is 0.326. The molecule has 0 atom stereocenters. The zero-order chi connectivity index (χ0) is 26.4. The highest BCUT2D eigenvalue weighted by molar-refractivity contribution is 7.22. The molecule has 38 heavy (non-hydrogen) atoms. The Bertz CT molecular complexity index is 1480. The van der Waals surface area contributed by atoms with Gasteiger partial charge in [-0.1, -0.05) is 17.4 Å². The van der Waals surface area contributed by atoms with Gasteiger partial charge < -0.3 is 14.5 Å². The Labute approximate surface area is 224 Å². The molecule has 0 saturated carbocycles. The number of ether oxygens (including phenoxy) is 1. The molecule has 2 aromatic carbocycles. The maximum Gasteiger partial charge on any atom is 0.229 e. The molecule has 2 aliphatic heterocycles. The van der Waals surface area contributed by atoms with Gasteiger partial charge in [-0.15, -0.1) is 0 Å². The molecular formula is C28H30F2N6OS. The first-order valence-corrected chi connectivity index (χ1v) is 13.8. The first-order valence-electron chi connectivity index (χ1n) is 13.0. The number of thiazole rings is 1. The molecule has 0 spiro atoms. The van der Waals surface area contributed by atoms with Gasteiger partial charge >= 0.3 is 0 Å². The molecule has 0 amide bonds. The van der Waals surface area contributed by atoms with E-state index in [1.807, 2.05) is 18.7 Å². The molecule has 1 fully saturated rings. The number of fused-ring (bicyclic) bond motifs is 2. The Hall–Kier alpha value is -3.37. The zero-order valence-electron chi connectivity index (χ0n) is 21.7. The van der Waals surface area contributed by atoms with E-state index in [0.29, 0.717) is 35.5 Å². The maximum absolute atomic E-state index is 15.0. The molecule has 0 bridgehead atoms. The summed E-state index contributed by atoms with van der Waals surface area (Å²) in [4.78, 5) is 17.6. The molecule has 2 aromatic heterocycles. The highest BCUT2D eigenvalue weighted by Crippen LogP contribution is 2.40. The lowest BCUT2D eigenvalue weighted by molar-refractivity contribution is 0.255. The van der Waals surface area contributed by atoms with E-state index < -0.39 is 11.6 Å². The number of likely N-dealkylation sites (tertiary alicyclic amines) is 1. The van der Waals surface area contributed by atoms with Crippen molar-refractivity contribution < 1.29 is 13.5 Å². The summed E-state index contributed by atoms with van der Waals surface area (Å²) in [6.45, 7) is 7.31. The minimum Gasteiger partial charge on any atom is -0.486 e. The van der Waals surface area contributed by atoms with Crippen molar-refractivity contribution in [2.45, 2.75) is 38.6 Å². The van der Waals surface area contributed by atoms with E-state index in [0.717, 1.165) is 42.3 Å². The Morgan fingerprint density at radius 1 is 1.05 bits per heavy atom. The fourth-order valence-electron chi connectivity index (χ4n) is 5.29. The van der Waals surface area contributed by atoms with Crippen molar-refractivity contribution in [1.82, 2.24) is 19.9 Å². The molecule has 6 rings (SSSR count). The minimum absolute atomic E-state index is 0.0177. The molecule has 4 heterocycles. The fraction of sp³-hybridized carbons (Fsp3) is 0.393. The minimum atomic E-state index is -0.630. The van der Waals surface area contributed by atoms with Crippen molar-refractivity contribution >= 4 is 38.3 Å². The number of hydrogen-bond donors (Lipinski definition) is 1. The third kappa shape index (κ3) is 4.78. The summed E-state index contributed by atoms with van der Waals surface area (Å²) in [5, 5.41) is 3.74. The molecule has 198 valence electrons. The Balaban J connectivity index is 1.28. The lowest BCUT2D eigenvalue weighted by Crippen LogP contribution is -2.38. The Morgan fingerprint density at radius 2 is 1.87 bits per heavy atom. The van der Waals surface area contributed by atoms with Gasteiger partial charge in [0.25, 0.3) is 0 Å². The third-order valence-electron chi connectivity index (χ3n) is 7.37. The summed E-state index contributed by atoms with van der Waals surface area (Å²) in [5.74, 6) is -0.218. The summed E-state index contributed by atoms with van der Waals surface area (Å²) in [6.07, 6.45) is 3.41. The van der Waals surface area contributed by atoms with E-state index in [9.17, 15) is 8.78 Å². The third-order valence-corrected chi connectivity index (χ3v) is 8.31. The van der Waals surface area contributed by atoms with Gasteiger partial charge in [0.15, 0.2) is 22.5 Å². The second-order valence-corrected chi connectivity index (χ2v) is 11.3. The fourth-order valence-corrected chi connectivity index (χ4v) is 6.20. The average Bonchev–Trinajstić information content (AvgIpc) is 3.31. The smallest absolute Gasteiger partial charge is 0.229 e. The van der Waals surface area contributed by atoms with Crippen LogP contribution in [0.25, 0.3) is 21.5 Å². The van der Waals surface area contributed by atoms with Gasteiger partial charge in [0.1, 0.15) is 12.3 Å². The van der Waals surface area contributed by atoms with Crippen LogP contribution in [0.2, 0.25) is 0 Å².